The molecule has 0 unspecified atom stereocenters. The second-order valence-electron chi connectivity index (χ2n) is 5.67. The third kappa shape index (κ3) is 4.49. The normalized spacial score (nSPS) is 35.6. The maximum absolute atomic E-state index is 10.1. The Morgan fingerprint density at radius 2 is 1.94 bits per heavy atom. The van der Waals surface area contributed by atoms with E-state index in [2.05, 4.69) is 26.5 Å². The Hall–Kier alpha value is -0.860. The molecule has 96 valence electrons. The molecule has 0 radical (unpaired) electrons. The highest BCUT2D eigenvalue weighted by atomic mass is 16.3. The van der Waals surface area contributed by atoms with Crippen LogP contribution in [0.25, 0.3) is 0 Å². The lowest BCUT2D eigenvalue weighted by Gasteiger charge is -2.24. The van der Waals surface area contributed by atoms with Gasteiger partial charge in [-0.1, -0.05) is 38.7 Å². The highest BCUT2D eigenvalue weighted by Crippen LogP contribution is 2.28. The van der Waals surface area contributed by atoms with Crippen LogP contribution < -0.4 is 0 Å². The molecule has 2 atom stereocenters. The Kier molecular flexibility index (Phi) is 4.72. The maximum Gasteiger partial charge on any atom is 0.0785 e. The molecule has 2 nitrogen and oxygen atoms in total. The first-order chi connectivity index (χ1) is 7.82. The first-order valence-electron chi connectivity index (χ1n) is 6.20. The molecular formula is C15H24O2. The summed E-state index contributed by atoms with van der Waals surface area (Å²) in [5, 5.41) is 19.9. The monoisotopic (exact) mass is 236 g/mol. The third-order valence-electron chi connectivity index (χ3n) is 3.33. The first-order valence-corrected chi connectivity index (χ1v) is 6.20. The summed E-state index contributed by atoms with van der Waals surface area (Å²) in [7, 11) is 0. The molecule has 2 heteroatoms. The molecule has 0 amide bonds. The lowest BCUT2D eigenvalue weighted by atomic mass is 9.84. The number of allylic oxidation sites excluding steroid dienone is 2. The van der Waals surface area contributed by atoms with E-state index in [1.54, 1.807) is 0 Å². The smallest absolute Gasteiger partial charge is 0.0785 e. The fourth-order valence-electron chi connectivity index (χ4n) is 1.99. The molecule has 1 rings (SSSR count). The quantitative estimate of drug-likeness (QED) is 0.635. The molecule has 0 aromatic carbocycles. The zero-order valence-corrected chi connectivity index (χ0v) is 11.1. The number of aliphatic hydroxyl groups excluding tert-OH is 2. The van der Waals surface area contributed by atoms with Gasteiger partial charge in [0, 0.05) is 0 Å². The van der Waals surface area contributed by atoms with Crippen LogP contribution in [0, 0.1) is 5.41 Å². The van der Waals surface area contributed by atoms with Crippen molar-refractivity contribution in [2.45, 2.75) is 52.2 Å². The van der Waals surface area contributed by atoms with Crippen molar-refractivity contribution in [1.82, 2.24) is 0 Å². The number of hydrogen-bond donors (Lipinski definition) is 2. The van der Waals surface area contributed by atoms with Crippen LogP contribution in [0.3, 0.4) is 0 Å². The molecule has 0 saturated heterocycles. The van der Waals surface area contributed by atoms with Gasteiger partial charge in [0.15, 0.2) is 0 Å². The van der Waals surface area contributed by atoms with Crippen molar-refractivity contribution < 1.29 is 10.2 Å². The first kappa shape index (κ1) is 14.2. The molecule has 0 aliphatic heterocycles. The van der Waals surface area contributed by atoms with E-state index in [0.717, 1.165) is 11.1 Å². The van der Waals surface area contributed by atoms with Crippen molar-refractivity contribution >= 4 is 0 Å². The number of aliphatic hydroxyl groups is 2. The topological polar surface area (TPSA) is 40.5 Å². The number of rotatable bonds is 0. The lowest BCUT2D eigenvalue weighted by molar-refractivity contribution is 0.161. The summed E-state index contributed by atoms with van der Waals surface area (Å²) in [6.45, 7) is 10.0. The summed E-state index contributed by atoms with van der Waals surface area (Å²) in [6, 6.07) is 0. The SMILES string of the molecule is C=C1C/C=C\C(C)(C)C[C@H](O)/C(C)=C\C[C@@H]1O. The van der Waals surface area contributed by atoms with Gasteiger partial charge >= 0.3 is 0 Å². The summed E-state index contributed by atoms with van der Waals surface area (Å²) in [5.74, 6) is 0. The van der Waals surface area contributed by atoms with Crippen LogP contribution in [-0.4, -0.2) is 22.4 Å². The second kappa shape index (κ2) is 5.65. The molecule has 0 heterocycles. The van der Waals surface area contributed by atoms with Gasteiger partial charge in [-0.15, -0.1) is 0 Å². The molecule has 1 aliphatic carbocycles. The van der Waals surface area contributed by atoms with Crippen molar-refractivity contribution in [2.24, 2.45) is 5.41 Å². The second-order valence-corrected chi connectivity index (χ2v) is 5.67. The van der Waals surface area contributed by atoms with Crippen LogP contribution in [0.2, 0.25) is 0 Å². The van der Waals surface area contributed by atoms with E-state index >= 15 is 0 Å². The molecular weight excluding hydrogens is 212 g/mol. The van der Waals surface area contributed by atoms with Crippen LogP contribution in [0.5, 0.6) is 0 Å². The van der Waals surface area contributed by atoms with Crippen molar-refractivity contribution in [3.8, 4) is 0 Å². The Labute approximate surface area is 104 Å². The zero-order chi connectivity index (χ0) is 13.1. The van der Waals surface area contributed by atoms with Crippen LogP contribution in [-0.2, 0) is 0 Å². The van der Waals surface area contributed by atoms with E-state index in [9.17, 15) is 10.2 Å². The van der Waals surface area contributed by atoms with Gasteiger partial charge in [0.1, 0.15) is 0 Å². The van der Waals surface area contributed by atoms with Gasteiger partial charge in [-0.2, -0.15) is 0 Å². The Bertz CT molecular complexity index is 337. The largest absolute Gasteiger partial charge is 0.389 e. The van der Waals surface area contributed by atoms with Crippen molar-refractivity contribution in [2.75, 3.05) is 0 Å². The highest BCUT2D eigenvalue weighted by Gasteiger charge is 2.21. The van der Waals surface area contributed by atoms with Crippen LogP contribution in [0.4, 0.5) is 0 Å². The van der Waals surface area contributed by atoms with E-state index in [1.165, 1.54) is 0 Å². The minimum atomic E-state index is -0.511. The average Bonchev–Trinajstić information content (AvgIpc) is 2.23. The zero-order valence-electron chi connectivity index (χ0n) is 11.1. The maximum atomic E-state index is 10.1. The van der Waals surface area contributed by atoms with E-state index in [0.29, 0.717) is 19.3 Å². The molecule has 0 bridgehead atoms. The van der Waals surface area contributed by atoms with Crippen molar-refractivity contribution in [3.05, 3.63) is 36.0 Å². The predicted molar refractivity (Wildman–Crippen MR) is 71.7 cm³/mol. The van der Waals surface area contributed by atoms with Crippen LogP contribution in [0.15, 0.2) is 36.0 Å². The minimum absolute atomic E-state index is 0.0376. The van der Waals surface area contributed by atoms with E-state index in [1.807, 2.05) is 19.1 Å². The van der Waals surface area contributed by atoms with Gasteiger partial charge in [-0.3, -0.25) is 0 Å². The fraction of sp³-hybridized carbons (Fsp3) is 0.600. The summed E-state index contributed by atoms with van der Waals surface area (Å²) in [4.78, 5) is 0. The Balaban J connectivity index is 2.93. The van der Waals surface area contributed by atoms with Crippen molar-refractivity contribution in [3.63, 3.8) is 0 Å². The lowest BCUT2D eigenvalue weighted by Crippen LogP contribution is -2.19. The van der Waals surface area contributed by atoms with Gasteiger partial charge in [0.2, 0.25) is 0 Å². The molecule has 17 heavy (non-hydrogen) atoms. The average molecular weight is 236 g/mol. The molecule has 1 aliphatic rings. The van der Waals surface area contributed by atoms with Gasteiger partial charge in [-0.05, 0) is 42.7 Å². The van der Waals surface area contributed by atoms with Crippen LogP contribution >= 0.6 is 0 Å². The minimum Gasteiger partial charge on any atom is -0.389 e. The standard InChI is InChI=1S/C15H24O2/c1-11-6-5-9-15(3,4)10-14(17)12(2)7-8-13(11)16/h5,7,9,13-14,16-17H,1,6,8,10H2,2-4H3/b9-5-,12-7-/t13-,14-/m0/s1. The van der Waals surface area contributed by atoms with E-state index < -0.39 is 12.2 Å². The predicted octanol–water partition coefficient (Wildman–Crippen LogP) is 2.98. The van der Waals surface area contributed by atoms with Crippen LogP contribution in [0.1, 0.15) is 40.0 Å². The summed E-state index contributed by atoms with van der Waals surface area (Å²) in [6.07, 6.45) is 7.06. The van der Waals surface area contributed by atoms with Crippen molar-refractivity contribution in [1.29, 1.82) is 0 Å². The summed E-state index contributed by atoms with van der Waals surface area (Å²) in [5.41, 5.74) is 1.72. The fourth-order valence-corrected chi connectivity index (χ4v) is 1.99. The Morgan fingerprint density at radius 3 is 2.59 bits per heavy atom. The molecule has 2 N–H and O–H groups in total. The van der Waals surface area contributed by atoms with Gasteiger partial charge in [0.05, 0.1) is 12.2 Å². The van der Waals surface area contributed by atoms with E-state index in [4.69, 9.17) is 0 Å². The van der Waals surface area contributed by atoms with Gasteiger partial charge in [-0.25, -0.2) is 0 Å². The van der Waals surface area contributed by atoms with E-state index in [-0.39, 0.29) is 5.41 Å². The van der Waals surface area contributed by atoms with Gasteiger partial charge < -0.3 is 10.2 Å². The molecule has 0 aromatic heterocycles. The number of hydrogen-bond acceptors (Lipinski definition) is 2. The summed E-state index contributed by atoms with van der Waals surface area (Å²) < 4.78 is 0. The Morgan fingerprint density at radius 1 is 1.29 bits per heavy atom. The third-order valence-corrected chi connectivity index (χ3v) is 3.33. The molecule has 0 spiro atoms. The highest BCUT2D eigenvalue weighted by molar-refractivity contribution is 5.15. The molecule has 0 fully saturated rings. The molecule has 0 saturated carbocycles. The summed E-state index contributed by atoms with van der Waals surface area (Å²) >= 11 is 0. The van der Waals surface area contributed by atoms with Gasteiger partial charge in [0.25, 0.3) is 0 Å². The molecule has 0 aromatic rings.